The Morgan fingerprint density at radius 3 is 2.70 bits per heavy atom. The standard InChI is InChI=1S/C18H13FN6O2/c19-16-9-22-18(25-17(16)23-13-2-1-3-14(26)8-13)24-12-4-6-15(7-5-12)27-11-21-10-20/h1-9,11,26H,(H2,22,23,24,25). The molecular formula is C18H13FN6O2. The Hall–Kier alpha value is -4.19. The summed E-state index contributed by atoms with van der Waals surface area (Å²) >= 11 is 0. The lowest BCUT2D eigenvalue weighted by atomic mass is 10.3. The zero-order chi connectivity index (χ0) is 19.1. The highest BCUT2D eigenvalue weighted by Gasteiger charge is 2.08. The lowest BCUT2D eigenvalue weighted by Gasteiger charge is -2.10. The molecule has 3 N–H and O–H groups in total. The number of phenolic OH excluding ortho intramolecular Hbond substituents is 1. The normalized spacial score (nSPS) is 10.4. The summed E-state index contributed by atoms with van der Waals surface area (Å²) in [6.07, 6.45) is 3.65. The predicted octanol–water partition coefficient (Wildman–Crippen LogP) is 3.70. The third-order valence-corrected chi connectivity index (χ3v) is 3.26. The van der Waals surface area contributed by atoms with Gasteiger partial charge in [0.05, 0.1) is 6.20 Å². The molecule has 0 saturated heterocycles. The Morgan fingerprint density at radius 1 is 1.15 bits per heavy atom. The van der Waals surface area contributed by atoms with Crippen molar-refractivity contribution in [3.05, 3.63) is 60.5 Å². The largest absolute Gasteiger partial charge is 0.508 e. The van der Waals surface area contributed by atoms with Crippen molar-refractivity contribution in [1.82, 2.24) is 9.97 Å². The molecule has 2 aromatic carbocycles. The number of aromatic nitrogens is 2. The van der Waals surface area contributed by atoms with E-state index in [4.69, 9.17) is 10.00 Å². The SMILES string of the molecule is N#CN=COc1ccc(Nc2ncc(F)c(Nc3cccc(O)c3)n2)cc1. The first-order chi connectivity index (χ1) is 13.1. The average molecular weight is 364 g/mol. The number of rotatable bonds is 6. The van der Waals surface area contributed by atoms with Crippen LogP contribution in [0, 0.1) is 17.3 Å². The monoisotopic (exact) mass is 364 g/mol. The van der Waals surface area contributed by atoms with E-state index in [-0.39, 0.29) is 17.5 Å². The number of phenols is 1. The molecule has 8 nitrogen and oxygen atoms in total. The molecule has 9 heteroatoms. The molecule has 0 saturated carbocycles. The smallest absolute Gasteiger partial charge is 0.229 e. The zero-order valence-corrected chi connectivity index (χ0v) is 13.8. The number of nitrogens with zero attached hydrogens (tertiary/aromatic N) is 4. The van der Waals surface area contributed by atoms with E-state index >= 15 is 0 Å². The van der Waals surface area contributed by atoms with Crippen LogP contribution < -0.4 is 15.4 Å². The number of hydrogen-bond acceptors (Lipinski definition) is 8. The lowest BCUT2D eigenvalue weighted by molar-refractivity contribution is 0.475. The molecule has 0 unspecified atom stereocenters. The molecule has 0 bridgehead atoms. The fourth-order valence-corrected chi connectivity index (χ4v) is 2.09. The van der Waals surface area contributed by atoms with Crippen LogP contribution in [0.2, 0.25) is 0 Å². The first-order valence-electron chi connectivity index (χ1n) is 7.67. The van der Waals surface area contributed by atoms with Crippen LogP contribution in [0.15, 0.2) is 59.7 Å². The van der Waals surface area contributed by atoms with Crippen LogP contribution in [-0.2, 0) is 0 Å². The Morgan fingerprint density at radius 2 is 1.96 bits per heavy atom. The van der Waals surface area contributed by atoms with Crippen LogP contribution in [-0.4, -0.2) is 21.5 Å². The van der Waals surface area contributed by atoms with Crippen LogP contribution in [0.25, 0.3) is 0 Å². The van der Waals surface area contributed by atoms with Crippen LogP contribution in [0.1, 0.15) is 0 Å². The number of aliphatic imine (C=N–C) groups is 1. The second-order valence-corrected chi connectivity index (χ2v) is 5.17. The predicted molar refractivity (Wildman–Crippen MR) is 97.8 cm³/mol. The molecule has 0 aliphatic rings. The molecule has 134 valence electrons. The zero-order valence-electron chi connectivity index (χ0n) is 13.8. The summed E-state index contributed by atoms with van der Waals surface area (Å²) in [6.45, 7) is 0. The number of aromatic hydroxyl groups is 1. The summed E-state index contributed by atoms with van der Waals surface area (Å²) in [5.41, 5.74) is 1.13. The molecule has 27 heavy (non-hydrogen) atoms. The molecular weight excluding hydrogens is 351 g/mol. The van der Waals surface area contributed by atoms with Gasteiger partial charge in [0.25, 0.3) is 0 Å². The molecule has 1 heterocycles. The van der Waals surface area contributed by atoms with Crippen molar-refractivity contribution < 1.29 is 14.2 Å². The van der Waals surface area contributed by atoms with E-state index in [0.717, 1.165) is 12.6 Å². The summed E-state index contributed by atoms with van der Waals surface area (Å²) in [5, 5.41) is 23.5. The number of benzene rings is 2. The van der Waals surface area contributed by atoms with E-state index in [1.807, 2.05) is 0 Å². The topological polar surface area (TPSA) is 115 Å². The van der Waals surface area contributed by atoms with Gasteiger partial charge < -0.3 is 20.5 Å². The lowest BCUT2D eigenvalue weighted by Crippen LogP contribution is -2.03. The van der Waals surface area contributed by atoms with E-state index in [9.17, 15) is 9.50 Å². The summed E-state index contributed by atoms with van der Waals surface area (Å²) in [4.78, 5) is 11.3. The Kier molecular flexibility index (Phi) is 5.39. The number of halogens is 1. The highest BCUT2D eigenvalue weighted by Crippen LogP contribution is 2.23. The Balaban J connectivity index is 1.72. The molecule has 0 atom stereocenters. The van der Waals surface area contributed by atoms with Crippen LogP contribution in [0.4, 0.5) is 27.5 Å². The fourth-order valence-electron chi connectivity index (χ4n) is 2.09. The van der Waals surface area contributed by atoms with Crippen LogP contribution in [0.5, 0.6) is 11.5 Å². The molecule has 0 fully saturated rings. The second kappa shape index (κ2) is 8.26. The molecule has 0 aliphatic carbocycles. The van der Waals surface area contributed by atoms with E-state index < -0.39 is 5.82 Å². The van der Waals surface area contributed by atoms with Gasteiger partial charge in [-0.15, -0.1) is 4.99 Å². The summed E-state index contributed by atoms with van der Waals surface area (Å²) in [7, 11) is 0. The number of hydrogen-bond donors (Lipinski definition) is 3. The fraction of sp³-hybridized carbons (Fsp3) is 0. The molecule has 0 spiro atoms. The quantitative estimate of drug-likeness (QED) is 0.347. The molecule has 0 amide bonds. The maximum atomic E-state index is 14.0. The van der Waals surface area contributed by atoms with Gasteiger partial charge in [-0.3, -0.25) is 0 Å². The van der Waals surface area contributed by atoms with Crippen molar-refractivity contribution in [3.63, 3.8) is 0 Å². The van der Waals surface area contributed by atoms with E-state index in [0.29, 0.717) is 17.1 Å². The molecule has 0 radical (unpaired) electrons. The molecule has 3 aromatic rings. The highest BCUT2D eigenvalue weighted by atomic mass is 19.1. The maximum Gasteiger partial charge on any atom is 0.229 e. The van der Waals surface area contributed by atoms with E-state index in [1.165, 1.54) is 12.1 Å². The van der Waals surface area contributed by atoms with Crippen molar-refractivity contribution in [3.8, 4) is 17.7 Å². The maximum absolute atomic E-state index is 14.0. The van der Waals surface area contributed by atoms with Crippen molar-refractivity contribution >= 4 is 29.5 Å². The third kappa shape index (κ3) is 4.90. The van der Waals surface area contributed by atoms with Gasteiger partial charge in [-0.1, -0.05) is 6.07 Å². The first kappa shape index (κ1) is 17.6. The number of anilines is 4. The Labute approximate surface area is 153 Å². The molecule has 1 aromatic heterocycles. The highest BCUT2D eigenvalue weighted by molar-refractivity contribution is 5.62. The summed E-state index contributed by atoms with van der Waals surface area (Å²) in [5.74, 6) is 0.0507. The van der Waals surface area contributed by atoms with Crippen LogP contribution in [0.3, 0.4) is 0 Å². The molecule has 0 aliphatic heterocycles. The van der Waals surface area contributed by atoms with Gasteiger partial charge in [0.15, 0.2) is 18.0 Å². The van der Waals surface area contributed by atoms with Crippen molar-refractivity contribution in [1.29, 1.82) is 5.26 Å². The minimum absolute atomic E-state index is 0.0363. The van der Waals surface area contributed by atoms with E-state index in [1.54, 1.807) is 42.6 Å². The minimum atomic E-state index is -0.635. The average Bonchev–Trinajstić information content (AvgIpc) is 2.66. The summed E-state index contributed by atoms with van der Waals surface area (Å²) < 4.78 is 19.1. The van der Waals surface area contributed by atoms with E-state index in [2.05, 4.69) is 25.6 Å². The van der Waals surface area contributed by atoms with Crippen molar-refractivity contribution in [2.24, 2.45) is 4.99 Å². The third-order valence-electron chi connectivity index (χ3n) is 3.26. The van der Waals surface area contributed by atoms with Gasteiger partial charge in [-0.05, 0) is 36.4 Å². The van der Waals surface area contributed by atoms with Gasteiger partial charge in [0.2, 0.25) is 12.1 Å². The van der Waals surface area contributed by atoms with Crippen molar-refractivity contribution in [2.75, 3.05) is 10.6 Å². The van der Waals surface area contributed by atoms with Gasteiger partial charge in [0.1, 0.15) is 11.5 Å². The Bertz CT molecular complexity index is 1000. The van der Waals surface area contributed by atoms with Gasteiger partial charge in [0, 0.05) is 17.4 Å². The number of nitriles is 1. The molecule has 3 rings (SSSR count). The second-order valence-electron chi connectivity index (χ2n) is 5.17. The van der Waals surface area contributed by atoms with Gasteiger partial charge in [-0.25, -0.2) is 9.37 Å². The van der Waals surface area contributed by atoms with Gasteiger partial charge in [-0.2, -0.15) is 10.2 Å². The van der Waals surface area contributed by atoms with Crippen molar-refractivity contribution in [2.45, 2.75) is 0 Å². The van der Waals surface area contributed by atoms with Gasteiger partial charge >= 0.3 is 0 Å². The minimum Gasteiger partial charge on any atom is -0.508 e. The number of ether oxygens (including phenoxy) is 1. The summed E-state index contributed by atoms with van der Waals surface area (Å²) in [6, 6.07) is 13.0. The van der Waals surface area contributed by atoms with Crippen LogP contribution >= 0.6 is 0 Å². The number of nitrogens with one attached hydrogen (secondary N) is 2. The first-order valence-corrected chi connectivity index (χ1v) is 7.67.